The Morgan fingerprint density at radius 2 is 1.95 bits per heavy atom. The van der Waals surface area contributed by atoms with Crippen LogP contribution in [0.15, 0.2) is 24.3 Å². The molecule has 1 aromatic rings. The number of rotatable bonds is 8. The van der Waals surface area contributed by atoms with Gasteiger partial charge in [0.25, 0.3) is 0 Å². The molecule has 0 aliphatic rings. The van der Waals surface area contributed by atoms with Crippen molar-refractivity contribution in [3.05, 3.63) is 29.8 Å². The number of amides is 1. The van der Waals surface area contributed by atoms with Crippen LogP contribution in [0.2, 0.25) is 0 Å². The van der Waals surface area contributed by atoms with E-state index in [1.54, 1.807) is 7.11 Å². The minimum atomic E-state index is 0.193. The molecule has 0 atom stereocenters. The molecule has 0 aliphatic heterocycles. The van der Waals surface area contributed by atoms with Crippen LogP contribution in [0.5, 0.6) is 5.75 Å². The lowest BCUT2D eigenvalue weighted by Crippen LogP contribution is -2.34. The molecule has 0 unspecified atom stereocenters. The van der Waals surface area contributed by atoms with Crippen molar-refractivity contribution in [3.63, 3.8) is 0 Å². The summed E-state index contributed by atoms with van der Waals surface area (Å²) in [5.41, 5.74) is 1.03. The molecule has 0 aliphatic carbocycles. The molecule has 0 heterocycles. The summed E-state index contributed by atoms with van der Waals surface area (Å²) in [5.74, 6) is 1.01. The lowest BCUT2D eigenvalue weighted by molar-refractivity contribution is -0.130. The summed E-state index contributed by atoms with van der Waals surface area (Å²) in [4.78, 5) is 14.2. The first-order valence-corrected chi connectivity index (χ1v) is 7.80. The van der Waals surface area contributed by atoms with Crippen molar-refractivity contribution < 1.29 is 9.53 Å². The number of carbonyl (C=O) groups is 1. The molecule has 0 bridgehead atoms. The number of alkyl halides is 1. The lowest BCUT2D eigenvalue weighted by Gasteiger charge is -2.21. The van der Waals surface area contributed by atoms with Gasteiger partial charge in [-0.1, -0.05) is 41.4 Å². The SMILES string of the molecule is CCCCN(CCBr)C(=O)Cc1ccc(OC)cc1. The molecule has 0 spiro atoms. The number of carbonyl (C=O) groups excluding carboxylic acids is 1. The van der Waals surface area contributed by atoms with E-state index in [-0.39, 0.29) is 5.91 Å². The van der Waals surface area contributed by atoms with Crippen LogP contribution in [0.3, 0.4) is 0 Å². The summed E-state index contributed by atoms with van der Waals surface area (Å²) in [6.07, 6.45) is 2.62. The van der Waals surface area contributed by atoms with Crippen molar-refractivity contribution in [2.24, 2.45) is 0 Å². The topological polar surface area (TPSA) is 29.5 Å². The van der Waals surface area contributed by atoms with Crippen molar-refractivity contribution in [3.8, 4) is 5.75 Å². The van der Waals surface area contributed by atoms with E-state index in [1.165, 1.54) is 0 Å². The Kier molecular flexibility index (Phi) is 7.56. The van der Waals surface area contributed by atoms with Crippen molar-refractivity contribution in [2.45, 2.75) is 26.2 Å². The number of ether oxygens (including phenoxy) is 1. The minimum Gasteiger partial charge on any atom is -0.497 e. The highest BCUT2D eigenvalue weighted by Gasteiger charge is 2.12. The maximum atomic E-state index is 12.2. The Bertz CT molecular complexity index is 378. The quantitative estimate of drug-likeness (QED) is 0.686. The Hall–Kier alpha value is -1.03. The number of nitrogens with zero attached hydrogens (tertiary/aromatic N) is 1. The van der Waals surface area contributed by atoms with Gasteiger partial charge in [0.05, 0.1) is 13.5 Å². The monoisotopic (exact) mass is 327 g/mol. The predicted octanol–water partition coefficient (Wildman–Crippen LogP) is 3.26. The van der Waals surface area contributed by atoms with Gasteiger partial charge in [0.1, 0.15) is 5.75 Å². The zero-order chi connectivity index (χ0) is 14.1. The van der Waals surface area contributed by atoms with Gasteiger partial charge in [0.15, 0.2) is 0 Å². The van der Waals surface area contributed by atoms with Gasteiger partial charge in [-0.25, -0.2) is 0 Å². The van der Waals surface area contributed by atoms with E-state index in [4.69, 9.17) is 4.74 Å². The van der Waals surface area contributed by atoms with E-state index < -0.39 is 0 Å². The molecule has 3 nitrogen and oxygen atoms in total. The smallest absolute Gasteiger partial charge is 0.227 e. The fraction of sp³-hybridized carbons (Fsp3) is 0.533. The number of hydrogen-bond donors (Lipinski definition) is 0. The molecule has 19 heavy (non-hydrogen) atoms. The molecule has 0 saturated carbocycles. The van der Waals surface area contributed by atoms with Crippen molar-refractivity contribution >= 4 is 21.8 Å². The summed E-state index contributed by atoms with van der Waals surface area (Å²) in [7, 11) is 1.64. The van der Waals surface area contributed by atoms with E-state index in [2.05, 4.69) is 22.9 Å². The van der Waals surface area contributed by atoms with E-state index >= 15 is 0 Å². The van der Waals surface area contributed by atoms with Gasteiger partial charge < -0.3 is 9.64 Å². The van der Waals surface area contributed by atoms with Crippen LogP contribution in [0, 0.1) is 0 Å². The molecule has 106 valence electrons. The molecule has 1 rings (SSSR count). The Morgan fingerprint density at radius 1 is 1.26 bits per heavy atom. The Balaban J connectivity index is 2.58. The summed E-state index contributed by atoms with van der Waals surface area (Å²) >= 11 is 3.40. The second-order valence-corrected chi connectivity index (χ2v) is 5.24. The van der Waals surface area contributed by atoms with Crippen LogP contribution in [-0.4, -0.2) is 36.3 Å². The number of hydrogen-bond acceptors (Lipinski definition) is 2. The first-order chi connectivity index (χ1) is 9.21. The van der Waals surface area contributed by atoms with Crippen LogP contribution >= 0.6 is 15.9 Å². The maximum Gasteiger partial charge on any atom is 0.227 e. The van der Waals surface area contributed by atoms with Gasteiger partial charge in [-0.2, -0.15) is 0 Å². The van der Waals surface area contributed by atoms with Crippen LogP contribution in [-0.2, 0) is 11.2 Å². The number of unbranched alkanes of at least 4 members (excludes halogenated alkanes) is 1. The average molecular weight is 328 g/mol. The maximum absolute atomic E-state index is 12.2. The fourth-order valence-corrected chi connectivity index (χ4v) is 2.27. The third-order valence-electron chi connectivity index (χ3n) is 3.00. The van der Waals surface area contributed by atoms with Crippen LogP contribution in [0.25, 0.3) is 0 Å². The second-order valence-electron chi connectivity index (χ2n) is 4.45. The Morgan fingerprint density at radius 3 is 2.47 bits per heavy atom. The van der Waals surface area contributed by atoms with Crippen LogP contribution in [0.1, 0.15) is 25.3 Å². The largest absolute Gasteiger partial charge is 0.497 e. The highest BCUT2D eigenvalue weighted by atomic mass is 79.9. The molecule has 0 radical (unpaired) electrons. The third kappa shape index (κ3) is 5.64. The Labute approximate surface area is 124 Å². The van der Waals surface area contributed by atoms with Crippen LogP contribution in [0.4, 0.5) is 0 Å². The molecular weight excluding hydrogens is 306 g/mol. The number of methoxy groups -OCH3 is 1. The first-order valence-electron chi connectivity index (χ1n) is 6.68. The van der Waals surface area contributed by atoms with Gasteiger partial charge in [-0.05, 0) is 24.1 Å². The van der Waals surface area contributed by atoms with E-state index in [0.29, 0.717) is 6.42 Å². The van der Waals surface area contributed by atoms with Crippen molar-refractivity contribution in [2.75, 3.05) is 25.5 Å². The lowest BCUT2D eigenvalue weighted by atomic mass is 10.1. The predicted molar refractivity (Wildman–Crippen MR) is 82.0 cm³/mol. The van der Waals surface area contributed by atoms with Crippen molar-refractivity contribution in [1.29, 1.82) is 0 Å². The number of benzene rings is 1. The van der Waals surface area contributed by atoms with Crippen LogP contribution < -0.4 is 4.74 Å². The zero-order valence-electron chi connectivity index (χ0n) is 11.7. The van der Waals surface area contributed by atoms with E-state index in [9.17, 15) is 4.79 Å². The van der Waals surface area contributed by atoms with E-state index in [0.717, 1.165) is 42.6 Å². The molecule has 4 heteroatoms. The molecule has 0 aromatic heterocycles. The zero-order valence-corrected chi connectivity index (χ0v) is 13.3. The van der Waals surface area contributed by atoms with Gasteiger partial charge in [-0.3, -0.25) is 4.79 Å². The van der Waals surface area contributed by atoms with Gasteiger partial charge in [0.2, 0.25) is 5.91 Å². The highest BCUT2D eigenvalue weighted by molar-refractivity contribution is 9.09. The highest BCUT2D eigenvalue weighted by Crippen LogP contribution is 2.12. The van der Waals surface area contributed by atoms with Crippen molar-refractivity contribution in [1.82, 2.24) is 4.90 Å². The van der Waals surface area contributed by atoms with E-state index in [1.807, 2.05) is 29.2 Å². The summed E-state index contributed by atoms with van der Waals surface area (Å²) in [6, 6.07) is 7.68. The molecule has 0 N–H and O–H groups in total. The van der Waals surface area contributed by atoms with Gasteiger partial charge in [-0.15, -0.1) is 0 Å². The second kappa shape index (κ2) is 8.97. The third-order valence-corrected chi connectivity index (χ3v) is 3.36. The molecular formula is C15H22BrNO2. The fourth-order valence-electron chi connectivity index (χ4n) is 1.84. The standard InChI is InChI=1S/C15H22BrNO2/c1-3-4-10-17(11-9-16)15(18)12-13-5-7-14(19-2)8-6-13/h5-8H,3-4,9-12H2,1-2H3. The summed E-state index contributed by atoms with van der Waals surface area (Å²) in [6.45, 7) is 3.76. The molecule has 0 fully saturated rings. The number of halogens is 1. The summed E-state index contributed by atoms with van der Waals surface area (Å²) < 4.78 is 5.11. The minimum absolute atomic E-state index is 0.193. The molecule has 1 aromatic carbocycles. The summed E-state index contributed by atoms with van der Waals surface area (Å²) in [5, 5.41) is 0.824. The molecule has 1 amide bonds. The first kappa shape index (κ1) is 16.0. The van der Waals surface area contributed by atoms with Gasteiger partial charge >= 0.3 is 0 Å². The normalized spacial score (nSPS) is 10.3. The average Bonchev–Trinajstić information content (AvgIpc) is 2.44. The molecule has 0 saturated heterocycles. The van der Waals surface area contributed by atoms with Gasteiger partial charge in [0, 0.05) is 18.4 Å².